The van der Waals surface area contributed by atoms with Gasteiger partial charge in [0.1, 0.15) is 5.75 Å². The number of methoxy groups -OCH3 is 1. The van der Waals surface area contributed by atoms with Gasteiger partial charge in [0.25, 0.3) is 0 Å². The second kappa shape index (κ2) is 6.98. The summed E-state index contributed by atoms with van der Waals surface area (Å²) in [5.74, 6) is 1.24. The normalized spacial score (nSPS) is 16.6. The molecule has 0 unspecified atom stereocenters. The predicted octanol–water partition coefficient (Wildman–Crippen LogP) is 2.06. The zero-order valence-corrected chi connectivity index (χ0v) is 16.2. The van der Waals surface area contributed by atoms with Crippen LogP contribution in [0, 0.1) is 0 Å². The maximum Gasteiger partial charge on any atom is 0.243 e. The molecule has 1 aliphatic heterocycles. The van der Waals surface area contributed by atoms with Crippen LogP contribution >= 0.6 is 0 Å². The monoisotopic (exact) mass is 381 g/mol. The summed E-state index contributed by atoms with van der Waals surface area (Å²) in [7, 11) is -2.11. The zero-order chi connectivity index (χ0) is 18.9. The van der Waals surface area contributed by atoms with E-state index in [0.29, 0.717) is 49.3 Å². The molecule has 0 saturated carbocycles. The van der Waals surface area contributed by atoms with Crippen molar-refractivity contribution in [2.45, 2.75) is 31.1 Å². The molecule has 1 aromatic carbocycles. The van der Waals surface area contributed by atoms with Gasteiger partial charge in [-0.05, 0) is 18.2 Å². The van der Waals surface area contributed by atoms with E-state index in [1.54, 1.807) is 6.07 Å². The SMILES string of the molecule is COc1ccc(S(=O)(=O)N2CCOCC2)cc1-c1noc(C(C)(C)C)n1. The van der Waals surface area contributed by atoms with Crippen LogP contribution in [-0.4, -0.2) is 56.3 Å². The van der Waals surface area contributed by atoms with Crippen LogP contribution < -0.4 is 4.74 Å². The van der Waals surface area contributed by atoms with Gasteiger partial charge in [-0.25, -0.2) is 8.42 Å². The number of morpholine rings is 1. The third kappa shape index (κ3) is 3.60. The smallest absolute Gasteiger partial charge is 0.243 e. The van der Waals surface area contributed by atoms with Crippen molar-refractivity contribution in [3.8, 4) is 17.1 Å². The number of sulfonamides is 1. The average molecular weight is 381 g/mol. The van der Waals surface area contributed by atoms with Crippen LogP contribution in [0.2, 0.25) is 0 Å². The Morgan fingerprint density at radius 3 is 2.46 bits per heavy atom. The number of hydrogen-bond donors (Lipinski definition) is 0. The molecule has 0 spiro atoms. The molecule has 0 aliphatic carbocycles. The Hall–Kier alpha value is -1.97. The van der Waals surface area contributed by atoms with E-state index >= 15 is 0 Å². The highest BCUT2D eigenvalue weighted by Gasteiger charge is 2.29. The summed E-state index contributed by atoms with van der Waals surface area (Å²) in [6.07, 6.45) is 0. The van der Waals surface area contributed by atoms with Gasteiger partial charge in [-0.15, -0.1) is 0 Å². The van der Waals surface area contributed by atoms with Gasteiger partial charge < -0.3 is 14.0 Å². The van der Waals surface area contributed by atoms with Gasteiger partial charge in [0.15, 0.2) is 0 Å². The van der Waals surface area contributed by atoms with Crippen LogP contribution in [0.1, 0.15) is 26.7 Å². The molecular formula is C17H23N3O5S. The van der Waals surface area contributed by atoms with E-state index < -0.39 is 10.0 Å². The van der Waals surface area contributed by atoms with E-state index in [4.69, 9.17) is 14.0 Å². The molecule has 1 aliphatic rings. The van der Waals surface area contributed by atoms with Crippen LogP contribution in [-0.2, 0) is 20.2 Å². The van der Waals surface area contributed by atoms with Crippen LogP contribution in [0.4, 0.5) is 0 Å². The predicted molar refractivity (Wildman–Crippen MR) is 94.6 cm³/mol. The first-order valence-corrected chi connectivity index (χ1v) is 9.78. The summed E-state index contributed by atoms with van der Waals surface area (Å²) >= 11 is 0. The van der Waals surface area contributed by atoms with Crippen LogP contribution in [0.15, 0.2) is 27.6 Å². The van der Waals surface area contributed by atoms with E-state index in [-0.39, 0.29) is 10.3 Å². The lowest BCUT2D eigenvalue weighted by atomic mass is 9.97. The zero-order valence-electron chi connectivity index (χ0n) is 15.4. The number of ether oxygens (including phenoxy) is 2. The molecule has 1 aromatic heterocycles. The Kier molecular flexibility index (Phi) is 5.05. The highest BCUT2D eigenvalue weighted by Crippen LogP contribution is 2.33. The Morgan fingerprint density at radius 2 is 1.88 bits per heavy atom. The molecule has 0 atom stereocenters. The molecule has 0 radical (unpaired) electrons. The highest BCUT2D eigenvalue weighted by atomic mass is 32.2. The molecule has 26 heavy (non-hydrogen) atoms. The fourth-order valence-electron chi connectivity index (χ4n) is 2.60. The van der Waals surface area contributed by atoms with Crippen LogP contribution in [0.5, 0.6) is 5.75 Å². The summed E-state index contributed by atoms with van der Waals surface area (Å²) in [6, 6.07) is 4.66. The molecule has 2 heterocycles. The number of aromatic nitrogens is 2. The molecule has 9 heteroatoms. The summed E-state index contributed by atoms with van der Waals surface area (Å²) in [5.41, 5.74) is 0.164. The van der Waals surface area contributed by atoms with Crippen molar-refractivity contribution >= 4 is 10.0 Å². The van der Waals surface area contributed by atoms with Gasteiger partial charge in [0, 0.05) is 18.5 Å². The lowest BCUT2D eigenvalue weighted by Gasteiger charge is -2.26. The molecule has 3 rings (SSSR count). The molecular weight excluding hydrogens is 358 g/mol. The molecule has 0 N–H and O–H groups in total. The Morgan fingerprint density at radius 1 is 1.19 bits per heavy atom. The van der Waals surface area contributed by atoms with E-state index in [9.17, 15) is 8.42 Å². The standard InChI is InChI=1S/C17H23N3O5S/c1-17(2,3)16-18-15(19-25-16)13-11-12(5-6-14(13)23-4)26(21,22)20-7-9-24-10-8-20/h5-6,11H,7-10H2,1-4H3. The van der Waals surface area contributed by atoms with Gasteiger partial charge in [-0.3, -0.25) is 0 Å². The number of benzene rings is 1. The van der Waals surface area contributed by atoms with Gasteiger partial charge in [0.2, 0.25) is 21.7 Å². The molecule has 8 nitrogen and oxygen atoms in total. The van der Waals surface area contributed by atoms with Gasteiger partial charge in [0.05, 0.1) is 30.8 Å². The lowest BCUT2D eigenvalue weighted by Crippen LogP contribution is -2.40. The summed E-state index contributed by atoms with van der Waals surface area (Å²) in [5, 5.41) is 4.00. The van der Waals surface area contributed by atoms with Gasteiger partial charge in [-0.1, -0.05) is 25.9 Å². The van der Waals surface area contributed by atoms with Crippen LogP contribution in [0.25, 0.3) is 11.4 Å². The quantitative estimate of drug-likeness (QED) is 0.800. The molecule has 1 fully saturated rings. The topological polar surface area (TPSA) is 94.8 Å². The third-order valence-corrected chi connectivity index (χ3v) is 5.98. The van der Waals surface area contributed by atoms with Crippen molar-refractivity contribution in [1.82, 2.24) is 14.4 Å². The minimum Gasteiger partial charge on any atom is -0.496 e. The third-order valence-electron chi connectivity index (χ3n) is 4.09. The maximum atomic E-state index is 12.9. The minimum absolute atomic E-state index is 0.164. The Balaban J connectivity index is 2.03. The first-order valence-electron chi connectivity index (χ1n) is 8.34. The lowest BCUT2D eigenvalue weighted by molar-refractivity contribution is 0.0730. The number of nitrogens with zero attached hydrogens (tertiary/aromatic N) is 3. The molecule has 0 amide bonds. The van der Waals surface area contributed by atoms with Gasteiger partial charge in [-0.2, -0.15) is 9.29 Å². The molecule has 1 saturated heterocycles. The maximum absolute atomic E-state index is 12.9. The molecule has 2 aromatic rings. The molecule has 142 valence electrons. The van der Waals surface area contributed by atoms with E-state index in [2.05, 4.69) is 10.1 Å². The van der Waals surface area contributed by atoms with Crippen LogP contribution in [0.3, 0.4) is 0 Å². The van der Waals surface area contributed by atoms with E-state index in [1.165, 1.54) is 23.5 Å². The first kappa shape index (κ1) is 18.8. The number of rotatable bonds is 4. The fourth-order valence-corrected chi connectivity index (χ4v) is 4.03. The van der Waals surface area contributed by atoms with Crippen molar-refractivity contribution in [2.75, 3.05) is 33.4 Å². The minimum atomic E-state index is -3.63. The second-order valence-corrected chi connectivity index (χ2v) is 8.99. The number of hydrogen-bond acceptors (Lipinski definition) is 7. The summed E-state index contributed by atoms with van der Waals surface area (Å²) in [4.78, 5) is 4.57. The van der Waals surface area contributed by atoms with E-state index in [0.717, 1.165) is 0 Å². The second-order valence-electron chi connectivity index (χ2n) is 7.05. The Bertz CT molecular complexity index is 880. The van der Waals surface area contributed by atoms with Crippen molar-refractivity contribution in [3.05, 3.63) is 24.1 Å². The van der Waals surface area contributed by atoms with Crippen molar-refractivity contribution in [1.29, 1.82) is 0 Å². The highest BCUT2D eigenvalue weighted by molar-refractivity contribution is 7.89. The summed E-state index contributed by atoms with van der Waals surface area (Å²) < 4.78 is 43.1. The van der Waals surface area contributed by atoms with Gasteiger partial charge >= 0.3 is 0 Å². The summed E-state index contributed by atoms with van der Waals surface area (Å²) in [6.45, 7) is 7.33. The van der Waals surface area contributed by atoms with Crippen molar-refractivity contribution < 1.29 is 22.4 Å². The average Bonchev–Trinajstić information content (AvgIpc) is 3.12. The molecule has 0 bridgehead atoms. The largest absolute Gasteiger partial charge is 0.496 e. The first-order chi connectivity index (χ1) is 12.2. The Labute approximate surface area is 153 Å². The van der Waals surface area contributed by atoms with Crippen molar-refractivity contribution in [3.63, 3.8) is 0 Å². The van der Waals surface area contributed by atoms with E-state index in [1.807, 2.05) is 20.8 Å². The fraction of sp³-hybridized carbons (Fsp3) is 0.529. The van der Waals surface area contributed by atoms with Crippen molar-refractivity contribution in [2.24, 2.45) is 0 Å².